The Kier molecular flexibility index (Phi) is 5.10. The molecule has 0 bridgehead atoms. The van der Waals surface area contributed by atoms with E-state index in [1.165, 1.54) is 6.33 Å². The second kappa shape index (κ2) is 7.85. The van der Waals surface area contributed by atoms with Crippen molar-refractivity contribution in [2.45, 2.75) is 13.3 Å². The molecule has 2 aromatic carbocycles. The Morgan fingerprint density at radius 3 is 2.62 bits per heavy atom. The Morgan fingerprint density at radius 1 is 1.07 bits per heavy atom. The van der Waals surface area contributed by atoms with Gasteiger partial charge in [-0.2, -0.15) is 0 Å². The van der Waals surface area contributed by atoms with Crippen LogP contribution in [0.25, 0.3) is 11.0 Å². The van der Waals surface area contributed by atoms with Crippen molar-refractivity contribution in [2.75, 3.05) is 5.32 Å². The summed E-state index contributed by atoms with van der Waals surface area (Å²) in [7, 11) is 0. The number of hydrogen-bond donors (Lipinski definition) is 2. The third-order valence-electron chi connectivity index (χ3n) is 4.59. The highest BCUT2D eigenvalue weighted by atomic mass is 35.5. The van der Waals surface area contributed by atoms with Crippen LogP contribution in [0.5, 0.6) is 0 Å². The highest BCUT2D eigenvalue weighted by molar-refractivity contribution is 6.30. The van der Waals surface area contributed by atoms with Crippen molar-refractivity contribution in [3.05, 3.63) is 82.8 Å². The van der Waals surface area contributed by atoms with Crippen LogP contribution in [0.2, 0.25) is 5.02 Å². The largest absolute Gasteiger partial charge is 0.345 e. The molecule has 29 heavy (non-hydrogen) atoms. The number of aromatic amines is 1. The first-order chi connectivity index (χ1) is 14.1. The molecule has 144 valence electrons. The highest BCUT2D eigenvalue weighted by Crippen LogP contribution is 2.28. The molecule has 0 saturated carbocycles. The quantitative estimate of drug-likeness (QED) is 0.432. The molecule has 0 saturated heterocycles. The summed E-state index contributed by atoms with van der Waals surface area (Å²) >= 11 is 5.93. The van der Waals surface area contributed by atoms with E-state index in [-0.39, 0.29) is 11.6 Å². The number of ketones is 2. The fraction of sp³-hybridized carbons (Fsp3) is 0.0909. The molecule has 0 aliphatic heterocycles. The van der Waals surface area contributed by atoms with Crippen LogP contribution in [0.15, 0.2) is 61.1 Å². The second-order valence-corrected chi connectivity index (χ2v) is 6.90. The number of nitrogens with one attached hydrogen (secondary N) is 2. The predicted octanol–water partition coefficient (Wildman–Crippen LogP) is 5.18. The van der Waals surface area contributed by atoms with Crippen molar-refractivity contribution in [1.29, 1.82) is 0 Å². The molecule has 0 atom stereocenters. The third kappa shape index (κ3) is 3.75. The van der Waals surface area contributed by atoms with E-state index in [0.717, 1.165) is 0 Å². The van der Waals surface area contributed by atoms with Gasteiger partial charge in [-0.05, 0) is 36.4 Å². The zero-order valence-electron chi connectivity index (χ0n) is 15.6. The van der Waals surface area contributed by atoms with E-state index in [1.54, 1.807) is 48.7 Å². The highest BCUT2D eigenvalue weighted by Gasteiger charge is 2.19. The normalized spacial score (nSPS) is 10.8. The number of halogens is 1. The number of fused-ring (bicyclic) bond motifs is 1. The molecule has 0 spiro atoms. The summed E-state index contributed by atoms with van der Waals surface area (Å²) in [6.45, 7) is 1.82. The summed E-state index contributed by atoms with van der Waals surface area (Å²) in [5, 5.41) is 4.36. The van der Waals surface area contributed by atoms with Gasteiger partial charge in [0.15, 0.2) is 11.6 Å². The number of carbonyl (C=O) groups is 2. The number of benzene rings is 2. The molecule has 0 fully saturated rings. The Balaban J connectivity index is 1.75. The Bertz CT molecular complexity index is 1220. The molecule has 4 rings (SSSR count). The number of anilines is 2. The lowest BCUT2D eigenvalue weighted by atomic mass is 10.0. The van der Waals surface area contributed by atoms with E-state index < -0.39 is 0 Å². The van der Waals surface area contributed by atoms with E-state index in [1.807, 2.05) is 13.0 Å². The SMILES string of the molecule is CCC(=O)c1cccc(Nc2ncnc3[nH]cc(C(=O)c4ccc(Cl)cc4)c23)c1. The summed E-state index contributed by atoms with van der Waals surface area (Å²) in [5.41, 5.74) is 2.83. The Morgan fingerprint density at radius 2 is 1.86 bits per heavy atom. The van der Waals surface area contributed by atoms with Gasteiger partial charge in [-0.15, -0.1) is 0 Å². The molecule has 6 nitrogen and oxygen atoms in total. The number of nitrogens with zero attached hydrogens (tertiary/aromatic N) is 2. The van der Waals surface area contributed by atoms with Gasteiger partial charge in [-0.3, -0.25) is 9.59 Å². The molecule has 0 radical (unpaired) electrons. The van der Waals surface area contributed by atoms with E-state index in [4.69, 9.17) is 11.6 Å². The van der Waals surface area contributed by atoms with Crippen molar-refractivity contribution in [3.63, 3.8) is 0 Å². The Hall–Kier alpha value is -3.51. The minimum atomic E-state index is -0.166. The van der Waals surface area contributed by atoms with Crippen LogP contribution in [-0.2, 0) is 0 Å². The van der Waals surface area contributed by atoms with Gasteiger partial charge >= 0.3 is 0 Å². The number of rotatable bonds is 6. The summed E-state index contributed by atoms with van der Waals surface area (Å²) in [6.07, 6.45) is 3.47. The van der Waals surface area contributed by atoms with E-state index >= 15 is 0 Å². The van der Waals surface area contributed by atoms with Gasteiger partial charge < -0.3 is 10.3 Å². The molecule has 0 amide bonds. The molecule has 0 aliphatic carbocycles. The topological polar surface area (TPSA) is 87.7 Å². The first kappa shape index (κ1) is 18.8. The maximum Gasteiger partial charge on any atom is 0.195 e. The van der Waals surface area contributed by atoms with Gasteiger partial charge in [0, 0.05) is 34.5 Å². The average molecular weight is 405 g/mol. The molecule has 0 unspecified atom stereocenters. The summed E-state index contributed by atoms with van der Waals surface area (Å²) in [4.78, 5) is 36.6. The van der Waals surface area contributed by atoms with Gasteiger partial charge in [0.05, 0.1) is 10.9 Å². The molecular formula is C22H17ClN4O2. The van der Waals surface area contributed by atoms with Gasteiger partial charge in [-0.25, -0.2) is 9.97 Å². The first-order valence-corrected chi connectivity index (χ1v) is 9.47. The van der Waals surface area contributed by atoms with Crippen molar-refractivity contribution in [2.24, 2.45) is 0 Å². The van der Waals surface area contributed by atoms with Crippen molar-refractivity contribution >= 4 is 45.7 Å². The molecule has 0 aliphatic rings. The molecule has 4 aromatic rings. The van der Waals surface area contributed by atoms with Crippen LogP contribution in [0, 0.1) is 0 Å². The fourth-order valence-corrected chi connectivity index (χ4v) is 3.23. The van der Waals surface area contributed by atoms with Crippen LogP contribution in [0.3, 0.4) is 0 Å². The minimum Gasteiger partial charge on any atom is -0.345 e. The zero-order valence-corrected chi connectivity index (χ0v) is 16.3. The molecular weight excluding hydrogens is 388 g/mol. The third-order valence-corrected chi connectivity index (χ3v) is 4.84. The average Bonchev–Trinajstić information content (AvgIpc) is 3.18. The lowest BCUT2D eigenvalue weighted by Crippen LogP contribution is -2.03. The summed E-state index contributed by atoms with van der Waals surface area (Å²) < 4.78 is 0. The first-order valence-electron chi connectivity index (χ1n) is 9.09. The van der Waals surface area contributed by atoms with Gasteiger partial charge in [-0.1, -0.05) is 30.7 Å². The minimum absolute atomic E-state index is 0.0572. The number of hydrogen-bond acceptors (Lipinski definition) is 5. The van der Waals surface area contributed by atoms with Crippen molar-refractivity contribution in [1.82, 2.24) is 15.0 Å². The van der Waals surface area contributed by atoms with Crippen LogP contribution >= 0.6 is 11.6 Å². The van der Waals surface area contributed by atoms with Gasteiger partial charge in [0.1, 0.15) is 17.8 Å². The van der Waals surface area contributed by atoms with E-state index in [0.29, 0.717) is 50.7 Å². The maximum atomic E-state index is 13.0. The van der Waals surface area contributed by atoms with E-state index in [9.17, 15) is 9.59 Å². The van der Waals surface area contributed by atoms with Gasteiger partial charge in [0.2, 0.25) is 0 Å². The number of H-pyrrole nitrogens is 1. The van der Waals surface area contributed by atoms with Gasteiger partial charge in [0.25, 0.3) is 0 Å². The lowest BCUT2D eigenvalue weighted by Gasteiger charge is -2.09. The Labute approximate surface area is 172 Å². The molecule has 2 aromatic heterocycles. The van der Waals surface area contributed by atoms with Crippen LogP contribution in [-0.4, -0.2) is 26.5 Å². The molecule has 7 heteroatoms. The van der Waals surface area contributed by atoms with Crippen LogP contribution < -0.4 is 5.32 Å². The van der Waals surface area contributed by atoms with E-state index in [2.05, 4.69) is 20.3 Å². The molecule has 2 N–H and O–H groups in total. The monoisotopic (exact) mass is 404 g/mol. The maximum absolute atomic E-state index is 13.0. The smallest absolute Gasteiger partial charge is 0.195 e. The number of carbonyl (C=O) groups excluding carboxylic acids is 2. The number of aromatic nitrogens is 3. The number of Topliss-reactive ketones (excluding diaryl/α,β-unsaturated/α-hetero) is 1. The second-order valence-electron chi connectivity index (χ2n) is 6.47. The van der Waals surface area contributed by atoms with Crippen molar-refractivity contribution in [3.8, 4) is 0 Å². The standard InChI is InChI=1S/C22H17ClN4O2/c1-2-18(28)14-4-3-5-16(10-14)27-22-19-17(11-24-21(19)25-12-26-22)20(29)13-6-8-15(23)9-7-13/h3-12H,2H2,1H3,(H2,24,25,26,27). The van der Waals surface area contributed by atoms with Crippen LogP contribution in [0.4, 0.5) is 11.5 Å². The lowest BCUT2D eigenvalue weighted by molar-refractivity contribution is 0.0987. The molecule has 2 heterocycles. The summed E-state index contributed by atoms with van der Waals surface area (Å²) in [5.74, 6) is 0.372. The van der Waals surface area contributed by atoms with Crippen LogP contribution in [0.1, 0.15) is 39.6 Å². The summed E-state index contributed by atoms with van der Waals surface area (Å²) in [6, 6.07) is 13.9. The fourth-order valence-electron chi connectivity index (χ4n) is 3.10. The zero-order chi connectivity index (χ0) is 20.4. The van der Waals surface area contributed by atoms with Crippen molar-refractivity contribution < 1.29 is 9.59 Å². The predicted molar refractivity (Wildman–Crippen MR) is 113 cm³/mol.